The van der Waals surface area contributed by atoms with Gasteiger partial charge in [-0.2, -0.15) is 0 Å². The molecule has 1 rings (SSSR count). The number of esters is 2. The molecule has 0 saturated carbocycles. The Balaban J connectivity index is 2.81. The van der Waals surface area contributed by atoms with Gasteiger partial charge in [-0.25, -0.2) is 0 Å². The van der Waals surface area contributed by atoms with E-state index in [4.69, 9.17) is 24.1 Å². The summed E-state index contributed by atoms with van der Waals surface area (Å²) in [6.07, 6.45) is 9.76. The van der Waals surface area contributed by atoms with Crippen molar-refractivity contribution in [3.63, 3.8) is 0 Å². The molecular formula is C30H54O8. The van der Waals surface area contributed by atoms with E-state index >= 15 is 0 Å². The van der Waals surface area contributed by atoms with Crippen molar-refractivity contribution in [1.82, 2.24) is 0 Å². The van der Waals surface area contributed by atoms with E-state index in [1.807, 2.05) is 20.8 Å². The summed E-state index contributed by atoms with van der Waals surface area (Å²) in [6.45, 7) is 11.6. The second-order valence-electron chi connectivity index (χ2n) is 11.1. The van der Waals surface area contributed by atoms with Crippen LogP contribution in [0, 0.1) is 11.8 Å². The van der Waals surface area contributed by atoms with E-state index in [9.17, 15) is 14.4 Å². The van der Waals surface area contributed by atoms with Gasteiger partial charge in [0.15, 0.2) is 12.4 Å². The Bertz CT molecular complexity index is 681. The molecule has 38 heavy (non-hydrogen) atoms. The van der Waals surface area contributed by atoms with Gasteiger partial charge in [-0.15, -0.1) is 0 Å². The summed E-state index contributed by atoms with van der Waals surface area (Å²) in [6, 6.07) is 0. The predicted molar refractivity (Wildman–Crippen MR) is 147 cm³/mol. The molecule has 0 amide bonds. The van der Waals surface area contributed by atoms with E-state index in [2.05, 4.69) is 13.8 Å². The van der Waals surface area contributed by atoms with Crippen LogP contribution in [0.2, 0.25) is 0 Å². The molecule has 8 nitrogen and oxygen atoms in total. The van der Waals surface area contributed by atoms with Crippen molar-refractivity contribution in [3.8, 4) is 0 Å². The van der Waals surface area contributed by atoms with Crippen LogP contribution in [-0.2, 0) is 33.3 Å². The minimum absolute atomic E-state index is 0.00180. The van der Waals surface area contributed by atoms with Gasteiger partial charge >= 0.3 is 17.9 Å². The Labute approximate surface area is 230 Å². The Hall–Kier alpha value is -1.67. The highest BCUT2D eigenvalue weighted by Gasteiger charge is 2.43. The summed E-state index contributed by atoms with van der Waals surface area (Å²) < 4.78 is 23.6. The van der Waals surface area contributed by atoms with Crippen molar-refractivity contribution in [2.75, 3.05) is 0 Å². The van der Waals surface area contributed by atoms with Crippen molar-refractivity contribution in [1.29, 1.82) is 0 Å². The maximum Gasteiger partial charge on any atom is 0.308 e. The molecule has 1 heterocycles. The second kappa shape index (κ2) is 19.4. The van der Waals surface area contributed by atoms with Gasteiger partial charge in [-0.1, -0.05) is 91.9 Å². The Morgan fingerprint density at radius 1 is 0.789 bits per heavy atom. The van der Waals surface area contributed by atoms with Gasteiger partial charge < -0.3 is 24.1 Å². The fourth-order valence-electron chi connectivity index (χ4n) is 5.08. The van der Waals surface area contributed by atoms with Crippen molar-refractivity contribution >= 4 is 17.9 Å². The smallest absolute Gasteiger partial charge is 0.308 e. The van der Waals surface area contributed by atoms with Crippen LogP contribution < -0.4 is 0 Å². The lowest BCUT2D eigenvalue weighted by molar-refractivity contribution is -0.285. The van der Waals surface area contributed by atoms with Gasteiger partial charge in [0.2, 0.25) is 0 Å². The first-order valence-electron chi connectivity index (χ1n) is 15.0. The summed E-state index contributed by atoms with van der Waals surface area (Å²) in [5.41, 5.74) is 0. The highest BCUT2D eigenvalue weighted by Crippen LogP contribution is 2.34. The lowest BCUT2D eigenvalue weighted by Crippen LogP contribution is -2.52. The van der Waals surface area contributed by atoms with E-state index in [-0.39, 0.29) is 30.8 Å². The van der Waals surface area contributed by atoms with E-state index < -0.39 is 42.5 Å². The highest BCUT2D eigenvalue weighted by atomic mass is 16.7. The fourth-order valence-corrected chi connectivity index (χ4v) is 5.08. The van der Waals surface area contributed by atoms with Crippen LogP contribution in [0.5, 0.6) is 0 Å². The Morgan fingerprint density at radius 3 is 1.95 bits per heavy atom. The third-order valence-corrected chi connectivity index (χ3v) is 7.67. The maximum absolute atomic E-state index is 12.8. The predicted octanol–water partition coefficient (Wildman–Crippen LogP) is 6.82. The summed E-state index contributed by atoms with van der Waals surface area (Å²) in [5, 5.41) is 9.17. The standard InChI is InChI=1S/C30H54O8/c1-7-9-10-11-12-13-14-15-16-18-26(20-28(34)37-25(17-8-2)19-27(32)33)38-30-29(36-24(6)31)22(4)21(3)23(5)35-30/h21-23,25-26,29-30H,7-20H2,1-6H3,(H,32,33)/t21-,22+,23?,25?,26?,29?,30+/m1/s1. The number of carboxylic acid groups (broad SMARTS) is 1. The molecule has 8 heteroatoms. The quantitative estimate of drug-likeness (QED) is 0.132. The first-order valence-corrected chi connectivity index (χ1v) is 15.0. The number of carbonyl (C=O) groups is 3. The third kappa shape index (κ3) is 13.9. The number of hydrogen-bond donors (Lipinski definition) is 1. The first kappa shape index (κ1) is 34.4. The summed E-state index contributed by atoms with van der Waals surface area (Å²) in [5.74, 6) is -1.66. The average molecular weight is 543 g/mol. The van der Waals surface area contributed by atoms with Crippen LogP contribution in [0.1, 0.15) is 131 Å². The van der Waals surface area contributed by atoms with Crippen LogP contribution in [0.25, 0.3) is 0 Å². The van der Waals surface area contributed by atoms with Crippen LogP contribution in [-0.4, -0.2) is 53.7 Å². The number of hydrogen-bond acceptors (Lipinski definition) is 7. The maximum atomic E-state index is 12.8. The molecule has 0 aliphatic carbocycles. The largest absolute Gasteiger partial charge is 0.481 e. The van der Waals surface area contributed by atoms with Crippen LogP contribution >= 0.6 is 0 Å². The molecule has 4 unspecified atom stereocenters. The molecule has 1 aliphatic rings. The number of carboxylic acids is 1. The normalized spacial score (nSPS) is 24.9. The fraction of sp³-hybridized carbons (Fsp3) is 0.900. The molecule has 0 spiro atoms. The van der Waals surface area contributed by atoms with E-state index in [0.29, 0.717) is 12.8 Å². The number of carbonyl (C=O) groups excluding carboxylic acids is 2. The second-order valence-corrected chi connectivity index (χ2v) is 11.1. The van der Waals surface area contributed by atoms with Gasteiger partial charge in [0.1, 0.15) is 6.10 Å². The lowest BCUT2D eigenvalue weighted by atomic mass is 9.84. The van der Waals surface area contributed by atoms with Crippen molar-refractivity contribution in [2.24, 2.45) is 11.8 Å². The minimum atomic E-state index is -0.990. The third-order valence-electron chi connectivity index (χ3n) is 7.67. The molecule has 1 aliphatic heterocycles. The number of rotatable bonds is 20. The molecule has 0 bridgehead atoms. The van der Waals surface area contributed by atoms with Crippen LogP contribution in [0.15, 0.2) is 0 Å². The van der Waals surface area contributed by atoms with Gasteiger partial charge in [-0.05, 0) is 25.7 Å². The molecular weight excluding hydrogens is 488 g/mol. The number of ether oxygens (including phenoxy) is 4. The topological polar surface area (TPSA) is 108 Å². The number of unbranched alkanes of at least 4 members (excludes halogenated alkanes) is 8. The molecule has 0 radical (unpaired) electrons. The summed E-state index contributed by atoms with van der Waals surface area (Å²) in [7, 11) is 0. The Morgan fingerprint density at radius 2 is 1.39 bits per heavy atom. The van der Waals surface area contributed by atoms with Crippen LogP contribution in [0.4, 0.5) is 0 Å². The molecule has 7 atom stereocenters. The molecule has 0 aromatic heterocycles. The SMILES string of the molecule is CCCCCCCCCCCC(CC(=O)OC(CCC)CC(=O)O)O[C@@H]1OC(C)[C@H](C)[C@H](C)C1OC(C)=O. The Kier molecular flexibility index (Phi) is 17.5. The summed E-state index contributed by atoms with van der Waals surface area (Å²) in [4.78, 5) is 35.9. The molecule has 222 valence electrons. The van der Waals surface area contributed by atoms with Gasteiger partial charge in [-0.3, -0.25) is 14.4 Å². The highest BCUT2D eigenvalue weighted by molar-refractivity contribution is 5.72. The van der Waals surface area contributed by atoms with Crippen LogP contribution in [0.3, 0.4) is 0 Å². The zero-order valence-electron chi connectivity index (χ0n) is 24.7. The zero-order chi connectivity index (χ0) is 28.5. The molecule has 1 saturated heterocycles. The van der Waals surface area contributed by atoms with Crippen molar-refractivity contribution in [2.45, 2.75) is 162 Å². The average Bonchev–Trinajstić information content (AvgIpc) is 2.83. The van der Waals surface area contributed by atoms with Crippen molar-refractivity contribution < 1.29 is 38.4 Å². The molecule has 1 N–H and O–H groups in total. The molecule has 0 aromatic rings. The number of aliphatic carboxylic acids is 1. The van der Waals surface area contributed by atoms with E-state index in [1.165, 1.54) is 45.4 Å². The van der Waals surface area contributed by atoms with E-state index in [0.717, 1.165) is 25.7 Å². The van der Waals surface area contributed by atoms with Gasteiger partial charge in [0, 0.05) is 12.8 Å². The first-order chi connectivity index (χ1) is 18.1. The lowest BCUT2D eigenvalue weighted by Gasteiger charge is -2.43. The van der Waals surface area contributed by atoms with Gasteiger partial charge in [0.25, 0.3) is 0 Å². The monoisotopic (exact) mass is 542 g/mol. The molecule has 1 fully saturated rings. The van der Waals surface area contributed by atoms with E-state index in [1.54, 1.807) is 0 Å². The minimum Gasteiger partial charge on any atom is -0.481 e. The van der Waals surface area contributed by atoms with Gasteiger partial charge in [0.05, 0.1) is 25.0 Å². The van der Waals surface area contributed by atoms with Crippen molar-refractivity contribution in [3.05, 3.63) is 0 Å². The zero-order valence-corrected chi connectivity index (χ0v) is 24.7. The molecule has 0 aromatic carbocycles. The summed E-state index contributed by atoms with van der Waals surface area (Å²) >= 11 is 0.